The average Bonchev–Trinajstić information content (AvgIpc) is 3.03. The van der Waals surface area contributed by atoms with Gasteiger partial charge in [-0.3, -0.25) is 0 Å². The number of hydrogen-bond acceptors (Lipinski definition) is 5. The number of nitrogens with one attached hydrogen (secondary N) is 2. The van der Waals surface area contributed by atoms with Gasteiger partial charge in [0, 0.05) is 5.56 Å². The maximum atomic E-state index is 13.8. The van der Waals surface area contributed by atoms with Crippen LogP contribution in [0.15, 0.2) is 36.7 Å². The lowest BCUT2D eigenvalue weighted by atomic mass is 10.1. The Bertz CT molecular complexity index is 987. The van der Waals surface area contributed by atoms with E-state index in [-0.39, 0.29) is 30.5 Å². The lowest BCUT2D eigenvalue weighted by Crippen LogP contribution is -2.39. The molecule has 1 amide bonds. The van der Waals surface area contributed by atoms with Crippen LogP contribution >= 0.6 is 0 Å². The number of aromatic nitrogens is 3. The van der Waals surface area contributed by atoms with Gasteiger partial charge < -0.3 is 15.4 Å². The van der Waals surface area contributed by atoms with Crippen LogP contribution in [0, 0.1) is 5.82 Å². The molecule has 0 saturated heterocycles. The summed E-state index contributed by atoms with van der Waals surface area (Å²) in [5, 5.41) is 6.08. The Morgan fingerprint density at radius 2 is 2.08 bits per heavy atom. The molecule has 1 aromatic carbocycles. The molecule has 26 heavy (non-hydrogen) atoms. The summed E-state index contributed by atoms with van der Waals surface area (Å²) in [6, 6.07) is 7.12. The van der Waals surface area contributed by atoms with Crippen LogP contribution in [-0.2, 0) is 0 Å². The topological polar surface area (TPSA) is 81.1 Å². The van der Waals surface area contributed by atoms with Crippen molar-refractivity contribution in [3.63, 3.8) is 0 Å². The molecule has 2 N–H and O–H groups in total. The first kappa shape index (κ1) is 16.3. The second-order valence-electron chi connectivity index (χ2n) is 6.36. The van der Waals surface area contributed by atoms with Crippen LogP contribution in [0.4, 0.5) is 15.0 Å². The van der Waals surface area contributed by atoms with Gasteiger partial charge in [-0.1, -0.05) is 0 Å². The van der Waals surface area contributed by atoms with E-state index in [1.54, 1.807) is 18.2 Å². The molecule has 1 aliphatic heterocycles. The lowest BCUT2D eigenvalue weighted by Gasteiger charge is -2.20. The number of anilines is 1. The fraction of sp³-hybridized carbons (Fsp3) is 0.278. The van der Waals surface area contributed by atoms with E-state index in [9.17, 15) is 9.18 Å². The average molecular weight is 355 g/mol. The second kappa shape index (κ2) is 6.29. The normalized spacial score (nSPS) is 20.2. The van der Waals surface area contributed by atoms with E-state index < -0.39 is 0 Å². The second-order valence-corrected chi connectivity index (χ2v) is 6.36. The number of fused-ring (bicyclic) bond motifs is 2. The molecule has 3 aromatic rings. The number of carbonyl (C=O) groups is 1. The van der Waals surface area contributed by atoms with Gasteiger partial charge in [0.15, 0.2) is 5.65 Å². The first-order valence-electron chi connectivity index (χ1n) is 8.35. The predicted molar refractivity (Wildman–Crippen MR) is 94.9 cm³/mol. The first-order chi connectivity index (χ1) is 12.5. The molecule has 2 aromatic heterocycles. The minimum absolute atomic E-state index is 0.248. The summed E-state index contributed by atoms with van der Waals surface area (Å²) in [7, 11) is 0. The van der Waals surface area contributed by atoms with Crippen LogP contribution in [0.3, 0.4) is 0 Å². The van der Waals surface area contributed by atoms with Crippen molar-refractivity contribution in [3.05, 3.63) is 48.0 Å². The standard InChI is InChI=1S/C18H18FN5O2/c1-10-8-26-15-5-3-12(19)7-13(15)11(2)22-16-6-4-14-17(23-16)24(9-20-14)18(25)21-10/h3-7,9-11H,8H2,1-2H3,(H,21,25)(H,22,23)/t10-,11+/m0/s1. The van der Waals surface area contributed by atoms with Gasteiger partial charge in [0.1, 0.15) is 35.8 Å². The zero-order valence-corrected chi connectivity index (χ0v) is 14.4. The molecule has 2 atom stereocenters. The monoisotopic (exact) mass is 355 g/mol. The summed E-state index contributed by atoms with van der Waals surface area (Å²) in [4.78, 5) is 21.2. The number of amides is 1. The van der Waals surface area contributed by atoms with Gasteiger partial charge in [0.25, 0.3) is 0 Å². The Balaban J connectivity index is 1.82. The van der Waals surface area contributed by atoms with Crippen LogP contribution in [0.2, 0.25) is 0 Å². The maximum Gasteiger partial charge on any atom is 0.328 e. The maximum absolute atomic E-state index is 13.8. The van der Waals surface area contributed by atoms with Gasteiger partial charge in [0.05, 0.1) is 12.1 Å². The van der Waals surface area contributed by atoms with Crippen LogP contribution in [0.1, 0.15) is 25.5 Å². The van der Waals surface area contributed by atoms with Gasteiger partial charge in [-0.05, 0) is 44.2 Å². The Labute approximate surface area is 149 Å². The lowest BCUT2D eigenvalue weighted by molar-refractivity contribution is 0.228. The van der Waals surface area contributed by atoms with Gasteiger partial charge in [0.2, 0.25) is 0 Å². The largest absolute Gasteiger partial charge is 0.491 e. The van der Waals surface area contributed by atoms with E-state index in [1.807, 2.05) is 13.8 Å². The van der Waals surface area contributed by atoms with E-state index >= 15 is 0 Å². The number of nitrogens with zero attached hydrogens (tertiary/aromatic N) is 3. The molecule has 134 valence electrons. The Hall–Kier alpha value is -3.16. The summed E-state index contributed by atoms with van der Waals surface area (Å²) in [6.45, 7) is 3.98. The highest BCUT2D eigenvalue weighted by molar-refractivity contribution is 5.87. The molecule has 8 heteroatoms. The third-order valence-corrected chi connectivity index (χ3v) is 4.28. The number of halogens is 1. The van der Waals surface area contributed by atoms with Gasteiger partial charge in [-0.25, -0.2) is 23.7 Å². The zero-order valence-electron chi connectivity index (χ0n) is 14.4. The van der Waals surface area contributed by atoms with Crippen molar-refractivity contribution in [1.29, 1.82) is 0 Å². The number of pyridine rings is 1. The SMILES string of the molecule is C[C@H]1COc2ccc(F)cc2[C@@H](C)Nc2ccc3ncn(c3n2)C(=O)N1. The smallest absolute Gasteiger partial charge is 0.328 e. The van der Waals surface area contributed by atoms with Gasteiger partial charge in [-0.15, -0.1) is 0 Å². The van der Waals surface area contributed by atoms with Crippen molar-refractivity contribution in [3.8, 4) is 5.75 Å². The minimum Gasteiger partial charge on any atom is -0.491 e. The zero-order chi connectivity index (χ0) is 18.3. The number of carbonyl (C=O) groups excluding carboxylic acids is 1. The summed E-state index contributed by atoms with van der Waals surface area (Å²) in [6.07, 6.45) is 1.44. The van der Waals surface area contributed by atoms with Crippen molar-refractivity contribution in [1.82, 2.24) is 19.9 Å². The summed E-state index contributed by atoms with van der Waals surface area (Å²) in [5.41, 5.74) is 1.74. The molecule has 2 bridgehead atoms. The van der Waals surface area contributed by atoms with Crippen molar-refractivity contribution in [2.24, 2.45) is 0 Å². The summed E-state index contributed by atoms with van der Waals surface area (Å²) < 4.78 is 21.0. The number of imidazole rings is 1. The third kappa shape index (κ3) is 2.94. The van der Waals surface area contributed by atoms with E-state index in [2.05, 4.69) is 20.6 Å². The molecular formula is C18H18FN5O2. The van der Waals surface area contributed by atoms with E-state index in [1.165, 1.54) is 23.0 Å². The molecule has 7 nitrogen and oxygen atoms in total. The van der Waals surface area contributed by atoms with Crippen LogP contribution in [0.25, 0.3) is 11.2 Å². The highest BCUT2D eigenvalue weighted by atomic mass is 19.1. The number of ether oxygens (including phenoxy) is 1. The Morgan fingerprint density at radius 1 is 1.23 bits per heavy atom. The van der Waals surface area contributed by atoms with Crippen molar-refractivity contribution in [2.75, 3.05) is 11.9 Å². The molecule has 0 fully saturated rings. The first-order valence-corrected chi connectivity index (χ1v) is 8.35. The van der Waals surface area contributed by atoms with Crippen LogP contribution in [-0.4, -0.2) is 33.2 Å². The highest BCUT2D eigenvalue weighted by Crippen LogP contribution is 2.29. The Morgan fingerprint density at radius 3 is 2.92 bits per heavy atom. The van der Waals surface area contributed by atoms with E-state index in [0.717, 1.165) is 0 Å². The fourth-order valence-corrected chi connectivity index (χ4v) is 2.95. The summed E-state index contributed by atoms with van der Waals surface area (Å²) in [5.74, 6) is 0.782. The van der Waals surface area contributed by atoms with Gasteiger partial charge >= 0.3 is 6.03 Å². The van der Waals surface area contributed by atoms with Gasteiger partial charge in [-0.2, -0.15) is 0 Å². The number of benzene rings is 1. The third-order valence-electron chi connectivity index (χ3n) is 4.28. The number of hydrogen-bond donors (Lipinski definition) is 2. The van der Waals surface area contributed by atoms with Crippen molar-refractivity contribution >= 4 is 23.0 Å². The van der Waals surface area contributed by atoms with Crippen molar-refractivity contribution in [2.45, 2.75) is 25.9 Å². The Kier molecular flexibility index (Phi) is 3.95. The fourth-order valence-electron chi connectivity index (χ4n) is 2.95. The molecular weight excluding hydrogens is 337 g/mol. The molecule has 3 heterocycles. The molecule has 0 unspecified atom stereocenters. The van der Waals surface area contributed by atoms with Crippen LogP contribution < -0.4 is 15.4 Å². The summed E-state index contributed by atoms with van der Waals surface area (Å²) >= 11 is 0. The highest BCUT2D eigenvalue weighted by Gasteiger charge is 2.19. The van der Waals surface area contributed by atoms with Crippen LogP contribution in [0.5, 0.6) is 5.75 Å². The van der Waals surface area contributed by atoms with E-state index in [4.69, 9.17) is 4.74 Å². The predicted octanol–water partition coefficient (Wildman–Crippen LogP) is 3.08. The number of rotatable bonds is 0. The minimum atomic E-state index is -0.340. The molecule has 4 rings (SSSR count). The molecule has 1 aliphatic rings. The van der Waals surface area contributed by atoms with E-state index in [0.29, 0.717) is 28.3 Å². The molecule has 0 aliphatic carbocycles. The molecule has 0 radical (unpaired) electrons. The molecule has 0 saturated carbocycles. The molecule has 0 spiro atoms. The quantitative estimate of drug-likeness (QED) is 0.648. The van der Waals surface area contributed by atoms with Crippen molar-refractivity contribution < 1.29 is 13.9 Å².